The lowest BCUT2D eigenvalue weighted by Crippen LogP contribution is -2.34. The molecule has 0 spiro atoms. The van der Waals surface area contributed by atoms with Crippen molar-refractivity contribution >= 4 is 45.4 Å². The van der Waals surface area contributed by atoms with Crippen molar-refractivity contribution < 1.29 is 0 Å². The van der Waals surface area contributed by atoms with Crippen LogP contribution >= 0.6 is 36.2 Å². The molecule has 1 unspecified atom stereocenters. The third-order valence-corrected chi connectivity index (χ3v) is 9.72. The highest BCUT2D eigenvalue weighted by Gasteiger charge is 2.13. The van der Waals surface area contributed by atoms with E-state index in [0.717, 1.165) is 30.4 Å². The van der Waals surface area contributed by atoms with Crippen molar-refractivity contribution in [2.24, 2.45) is 5.92 Å². The Balaban J connectivity index is 3.68. The molecule has 0 amide bonds. The maximum Gasteiger partial charge on any atom is 0.0748 e. The topological polar surface area (TPSA) is 3.24 Å². The average molecular weight is 600 g/mol. The number of unbranched alkanes of at least 4 members (excludes halogenated alkanes) is 20. The molecule has 0 aromatic carbocycles. The molecule has 0 saturated heterocycles. The monoisotopic (exact) mass is 599 g/mol. The SMILES string of the molecule is CCCCCCCCCCCCCCCC(=S)SC(C)CN(CCCCCCCCCCCC(C)C)C(C)=S. The first-order valence-corrected chi connectivity index (χ1v) is 19.0. The molecule has 0 fully saturated rings. The van der Waals surface area contributed by atoms with Gasteiger partial charge in [-0.25, -0.2) is 0 Å². The van der Waals surface area contributed by atoms with Crippen LogP contribution in [0.4, 0.5) is 0 Å². The molecule has 1 atom stereocenters. The van der Waals surface area contributed by atoms with Gasteiger partial charge in [0.05, 0.1) is 4.99 Å². The number of thioether (sulfide) groups is 1. The minimum atomic E-state index is 0.521. The van der Waals surface area contributed by atoms with Crippen molar-refractivity contribution in [1.29, 1.82) is 0 Å². The van der Waals surface area contributed by atoms with Crippen LogP contribution in [0.15, 0.2) is 0 Å². The van der Waals surface area contributed by atoms with Crippen LogP contribution in [-0.2, 0) is 0 Å². The molecule has 232 valence electrons. The van der Waals surface area contributed by atoms with Gasteiger partial charge in [0.25, 0.3) is 0 Å². The summed E-state index contributed by atoms with van der Waals surface area (Å²) in [7, 11) is 0. The van der Waals surface area contributed by atoms with Crippen LogP contribution in [0.25, 0.3) is 0 Å². The van der Waals surface area contributed by atoms with Gasteiger partial charge in [0.1, 0.15) is 0 Å². The molecule has 0 aliphatic rings. The summed E-state index contributed by atoms with van der Waals surface area (Å²) in [6, 6.07) is 0. The van der Waals surface area contributed by atoms with Crippen molar-refractivity contribution in [1.82, 2.24) is 4.90 Å². The van der Waals surface area contributed by atoms with Crippen LogP contribution in [0.5, 0.6) is 0 Å². The van der Waals surface area contributed by atoms with E-state index in [0.29, 0.717) is 5.25 Å². The summed E-state index contributed by atoms with van der Waals surface area (Å²) in [5.41, 5.74) is 0. The second-order valence-electron chi connectivity index (χ2n) is 12.6. The summed E-state index contributed by atoms with van der Waals surface area (Å²) in [5.74, 6) is 0.868. The van der Waals surface area contributed by atoms with E-state index in [9.17, 15) is 0 Å². The van der Waals surface area contributed by atoms with Crippen LogP contribution in [-0.4, -0.2) is 32.4 Å². The largest absolute Gasteiger partial charge is 0.365 e. The minimum absolute atomic E-state index is 0.521. The number of thiocarbonyl (C=S) groups is 2. The standard InChI is InChI=1S/C35H69NS3/c1-6-7-8-9-10-11-12-13-14-17-20-23-26-29-35(38)39-33(4)31-36(34(5)37)30-27-24-21-18-15-16-19-22-25-28-32(2)3/h32-33H,6-31H2,1-5H3. The Kier molecular flexibility index (Phi) is 30.1. The summed E-state index contributed by atoms with van der Waals surface area (Å²) < 4.78 is 1.21. The van der Waals surface area contributed by atoms with Crippen LogP contribution < -0.4 is 0 Å². The van der Waals surface area contributed by atoms with Gasteiger partial charge < -0.3 is 4.90 Å². The molecule has 0 aromatic heterocycles. The number of rotatable bonds is 29. The molecule has 39 heavy (non-hydrogen) atoms. The number of nitrogens with zero attached hydrogens (tertiary/aromatic N) is 1. The lowest BCUT2D eigenvalue weighted by atomic mass is 10.0. The van der Waals surface area contributed by atoms with Crippen molar-refractivity contribution in [3.05, 3.63) is 0 Å². The zero-order valence-electron chi connectivity index (χ0n) is 27.2. The zero-order valence-corrected chi connectivity index (χ0v) is 29.7. The molecule has 0 aliphatic carbocycles. The maximum absolute atomic E-state index is 5.74. The predicted octanol–water partition coefficient (Wildman–Crippen LogP) is 13.1. The van der Waals surface area contributed by atoms with Gasteiger partial charge in [-0.2, -0.15) is 0 Å². The Morgan fingerprint density at radius 3 is 1.44 bits per heavy atom. The molecule has 4 heteroatoms. The smallest absolute Gasteiger partial charge is 0.0748 e. The van der Waals surface area contributed by atoms with Gasteiger partial charge in [-0.3, -0.25) is 0 Å². The molecule has 1 nitrogen and oxygen atoms in total. The Labute approximate surface area is 262 Å². The molecule has 0 aliphatic heterocycles. The molecular weight excluding hydrogens is 531 g/mol. The summed E-state index contributed by atoms with van der Waals surface area (Å²) in [5, 5.41) is 0.521. The average Bonchev–Trinajstić information content (AvgIpc) is 2.88. The van der Waals surface area contributed by atoms with E-state index in [1.54, 1.807) is 0 Å². The van der Waals surface area contributed by atoms with Gasteiger partial charge in [-0.15, -0.1) is 11.8 Å². The quantitative estimate of drug-likeness (QED) is 0.0621. The van der Waals surface area contributed by atoms with E-state index < -0.39 is 0 Å². The second kappa shape index (κ2) is 29.8. The Bertz CT molecular complexity index is 548. The van der Waals surface area contributed by atoms with Crippen molar-refractivity contribution in [2.75, 3.05) is 13.1 Å². The van der Waals surface area contributed by atoms with Crippen LogP contribution in [0.2, 0.25) is 0 Å². The highest BCUT2D eigenvalue weighted by atomic mass is 32.2. The first-order valence-electron chi connectivity index (χ1n) is 17.3. The highest BCUT2D eigenvalue weighted by Crippen LogP contribution is 2.21. The van der Waals surface area contributed by atoms with E-state index in [4.69, 9.17) is 24.4 Å². The van der Waals surface area contributed by atoms with Crippen LogP contribution in [0.1, 0.15) is 189 Å². The Morgan fingerprint density at radius 2 is 1.00 bits per heavy atom. The summed E-state index contributed by atoms with van der Waals surface area (Å²) in [6.45, 7) is 13.5. The first-order chi connectivity index (χ1) is 18.9. The highest BCUT2D eigenvalue weighted by molar-refractivity contribution is 8.23. The molecular formula is C35H69NS3. The van der Waals surface area contributed by atoms with E-state index >= 15 is 0 Å². The minimum Gasteiger partial charge on any atom is -0.365 e. The fraction of sp³-hybridized carbons (Fsp3) is 0.943. The van der Waals surface area contributed by atoms with Gasteiger partial charge in [0.2, 0.25) is 0 Å². The van der Waals surface area contributed by atoms with Crippen molar-refractivity contribution in [2.45, 2.75) is 194 Å². The van der Waals surface area contributed by atoms with Crippen molar-refractivity contribution in [3.63, 3.8) is 0 Å². The lowest BCUT2D eigenvalue weighted by Gasteiger charge is -2.26. The van der Waals surface area contributed by atoms with E-state index in [1.165, 1.54) is 152 Å². The van der Waals surface area contributed by atoms with Gasteiger partial charge >= 0.3 is 0 Å². The van der Waals surface area contributed by atoms with Gasteiger partial charge in [0, 0.05) is 22.5 Å². The molecule has 0 radical (unpaired) electrons. The molecule has 0 bridgehead atoms. The van der Waals surface area contributed by atoms with Crippen LogP contribution in [0, 0.1) is 5.92 Å². The molecule has 0 saturated carbocycles. The van der Waals surface area contributed by atoms with Gasteiger partial charge in [-0.05, 0) is 32.1 Å². The van der Waals surface area contributed by atoms with Gasteiger partial charge in [-0.1, -0.05) is 187 Å². The molecule has 0 N–H and O–H groups in total. The summed E-state index contributed by atoms with van der Waals surface area (Å²) >= 11 is 13.2. The maximum atomic E-state index is 5.74. The zero-order chi connectivity index (χ0) is 29.0. The third-order valence-electron chi connectivity index (χ3n) is 7.95. The fourth-order valence-corrected chi connectivity index (χ4v) is 7.16. The van der Waals surface area contributed by atoms with E-state index in [1.807, 2.05) is 11.8 Å². The Morgan fingerprint density at radius 1 is 0.590 bits per heavy atom. The first kappa shape index (κ1) is 39.3. The predicted molar refractivity (Wildman–Crippen MR) is 191 cm³/mol. The lowest BCUT2D eigenvalue weighted by molar-refractivity contribution is 0.406. The van der Waals surface area contributed by atoms with E-state index in [2.05, 4.69) is 39.5 Å². The number of hydrogen-bond acceptors (Lipinski definition) is 3. The Hall–Kier alpha value is 0.330. The molecule has 0 heterocycles. The third kappa shape index (κ3) is 29.6. The molecule has 0 aromatic rings. The normalized spacial score (nSPS) is 12.3. The van der Waals surface area contributed by atoms with E-state index in [-0.39, 0.29) is 0 Å². The van der Waals surface area contributed by atoms with Crippen LogP contribution in [0.3, 0.4) is 0 Å². The number of hydrogen-bond donors (Lipinski definition) is 0. The summed E-state index contributed by atoms with van der Waals surface area (Å²) in [4.78, 5) is 3.47. The summed E-state index contributed by atoms with van der Waals surface area (Å²) in [6.07, 6.45) is 33.3. The van der Waals surface area contributed by atoms with Gasteiger partial charge in [0.15, 0.2) is 0 Å². The molecule has 0 rings (SSSR count). The fourth-order valence-electron chi connectivity index (χ4n) is 5.39. The second-order valence-corrected chi connectivity index (χ2v) is 15.5. The van der Waals surface area contributed by atoms with Crippen molar-refractivity contribution in [3.8, 4) is 0 Å².